The number of allylic oxidation sites excluding steroid dienone is 1. The average Bonchev–Trinajstić information content (AvgIpc) is 2.53. The summed E-state index contributed by atoms with van der Waals surface area (Å²) in [7, 11) is 0. The van der Waals surface area contributed by atoms with Crippen molar-refractivity contribution in [1.29, 1.82) is 0 Å². The fourth-order valence-electron chi connectivity index (χ4n) is 2.40. The molecular formula is C18H27NO2. The molecule has 1 aromatic carbocycles. The molecule has 0 heterocycles. The van der Waals surface area contributed by atoms with Crippen molar-refractivity contribution in [2.45, 2.75) is 52.2 Å². The van der Waals surface area contributed by atoms with Gasteiger partial charge in [-0.1, -0.05) is 26.0 Å². The third kappa shape index (κ3) is 5.09. The first-order chi connectivity index (χ1) is 10.3. The zero-order chi connectivity index (χ0) is 14.9. The Morgan fingerprint density at radius 2 is 2.19 bits per heavy atom. The van der Waals surface area contributed by atoms with Crippen LogP contribution < -0.4 is 14.8 Å². The van der Waals surface area contributed by atoms with Gasteiger partial charge in [0, 0.05) is 18.2 Å². The number of rotatable bonds is 8. The molecule has 2 rings (SSSR count). The van der Waals surface area contributed by atoms with Crippen LogP contribution in [0.3, 0.4) is 0 Å². The number of hydrogen-bond donors (Lipinski definition) is 1. The zero-order valence-corrected chi connectivity index (χ0v) is 13.2. The van der Waals surface area contributed by atoms with E-state index < -0.39 is 0 Å². The van der Waals surface area contributed by atoms with Crippen LogP contribution in [0.2, 0.25) is 0 Å². The highest BCUT2D eigenvalue weighted by atomic mass is 16.5. The summed E-state index contributed by atoms with van der Waals surface area (Å²) in [5, 5.41) is 3.37. The Labute approximate surface area is 128 Å². The third-order valence-corrected chi connectivity index (χ3v) is 3.57. The third-order valence-electron chi connectivity index (χ3n) is 3.57. The second-order valence-electron chi connectivity index (χ2n) is 5.41. The van der Waals surface area contributed by atoms with Gasteiger partial charge in [-0.2, -0.15) is 0 Å². The van der Waals surface area contributed by atoms with Crippen molar-refractivity contribution in [3.8, 4) is 11.5 Å². The van der Waals surface area contributed by atoms with Crippen LogP contribution in [-0.2, 0) is 6.54 Å². The molecule has 0 amide bonds. The maximum absolute atomic E-state index is 6.20. The van der Waals surface area contributed by atoms with Crippen molar-refractivity contribution in [2.75, 3.05) is 13.2 Å². The number of hydrogen-bond acceptors (Lipinski definition) is 3. The Hall–Kier alpha value is -1.48. The predicted octanol–water partition coefficient (Wildman–Crippen LogP) is 4.07. The predicted molar refractivity (Wildman–Crippen MR) is 87.0 cm³/mol. The number of ether oxygens (including phenoxy) is 2. The van der Waals surface area contributed by atoms with E-state index in [9.17, 15) is 0 Å². The van der Waals surface area contributed by atoms with Gasteiger partial charge in [-0.05, 0) is 44.4 Å². The van der Waals surface area contributed by atoms with Crippen LogP contribution in [0.4, 0.5) is 0 Å². The topological polar surface area (TPSA) is 30.5 Å². The molecule has 0 saturated carbocycles. The average molecular weight is 289 g/mol. The fraction of sp³-hybridized carbons (Fsp3) is 0.556. The molecular weight excluding hydrogens is 262 g/mol. The van der Waals surface area contributed by atoms with Gasteiger partial charge in [0.25, 0.3) is 0 Å². The van der Waals surface area contributed by atoms with E-state index in [4.69, 9.17) is 9.47 Å². The maximum atomic E-state index is 6.20. The molecule has 3 heteroatoms. The van der Waals surface area contributed by atoms with E-state index >= 15 is 0 Å². The maximum Gasteiger partial charge on any atom is 0.128 e. The molecule has 0 spiro atoms. The summed E-state index contributed by atoms with van der Waals surface area (Å²) >= 11 is 0. The summed E-state index contributed by atoms with van der Waals surface area (Å²) in [6.07, 6.45) is 9.08. The SMILES string of the molecule is CCCOc1ccc(CNCC)c(OC2C=CCCC2)c1. The molecule has 1 aromatic rings. The molecule has 3 nitrogen and oxygen atoms in total. The first kappa shape index (κ1) is 15.9. The van der Waals surface area contributed by atoms with Crippen molar-refractivity contribution < 1.29 is 9.47 Å². The van der Waals surface area contributed by atoms with E-state index in [1.807, 2.05) is 12.1 Å². The molecule has 0 aliphatic heterocycles. The molecule has 0 radical (unpaired) electrons. The van der Waals surface area contributed by atoms with E-state index in [-0.39, 0.29) is 6.10 Å². The second-order valence-corrected chi connectivity index (χ2v) is 5.41. The first-order valence-electron chi connectivity index (χ1n) is 8.13. The van der Waals surface area contributed by atoms with Crippen molar-refractivity contribution in [1.82, 2.24) is 5.32 Å². The molecule has 0 fully saturated rings. The monoisotopic (exact) mass is 289 g/mol. The molecule has 1 unspecified atom stereocenters. The quantitative estimate of drug-likeness (QED) is 0.732. The van der Waals surface area contributed by atoms with Gasteiger partial charge in [-0.3, -0.25) is 0 Å². The lowest BCUT2D eigenvalue weighted by Crippen LogP contribution is -2.18. The van der Waals surface area contributed by atoms with Crippen molar-refractivity contribution in [3.05, 3.63) is 35.9 Å². The van der Waals surface area contributed by atoms with Crippen LogP contribution >= 0.6 is 0 Å². The van der Waals surface area contributed by atoms with Gasteiger partial charge in [0.1, 0.15) is 17.6 Å². The minimum Gasteiger partial charge on any atom is -0.493 e. The van der Waals surface area contributed by atoms with Crippen molar-refractivity contribution in [2.24, 2.45) is 0 Å². The summed E-state index contributed by atoms with van der Waals surface area (Å²) in [5.41, 5.74) is 1.19. The van der Waals surface area contributed by atoms with Crippen LogP contribution in [-0.4, -0.2) is 19.3 Å². The van der Waals surface area contributed by atoms with Gasteiger partial charge in [-0.15, -0.1) is 0 Å². The summed E-state index contributed by atoms with van der Waals surface area (Å²) in [6.45, 7) is 6.76. The van der Waals surface area contributed by atoms with Crippen LogP contribution in [0.25, 0.3) is 0 Å². The standard InChI is InChI=1S/C18H27NO2/c1-3-12-20-17-11-10-15(14-19-4-2)18(13-17)21-16-8-6-5-7-9-16/h6,8,10-11,13,16,19H,3-5,7,9,12,14H2,1-2H3. The normalized spacial score (nSPS) is 17.7. The number of nitrogens with one attached hydrogen (secondary N) is 1. The van der Waals surface area contributed by atoms with E-state index in [0.29, 0.717) is 0 Å². The second kappa shape index (κ2) is 8.73. The lowest BCUT2D eigenvalue weighted by Gasteiger charge is -2.21. The summed E-state index contributed by atoms with van der Waals surface area (Å²) in [5.74, 6) is 1.84. The summed E-state index contributed by atoms with van der Waals surface area (Å²) in [4.78, 5) is 0. The Morgan fingerprint density at radius 1 is 1.29 bits per heavy atom. The van der Waals surface area contributed by atoms with Gasteiger partial charge in [0.05, 0.1) is 6.61 Å². The highest BCUT2D eigenvalue weighted by molar-refractivity contribution is 5.41. The van der Waals surface area contributed by atoms with Crippen molar-refractivity contribution in [3.63, 3.8) is 0 Å². The highest BCUT2D eigenvalue weighted by Crippen LogP contribution is 2.28. The minimum absolute atomic E-state index is 0.195. The lowest BCUT2D eigenvalue weighted by atomic mass is 10.1. The first-order valence-corrected chi connectivity index (χ1v) is 8.13. The van der Waals surface area contributed by atoms with Gasteiger partial charge in [-0.25, -0.2) is 0 Å². The van der Waals surface area contributed by atoms with Crippen LogP contribution in [0.1, 0.15) is 45.1 Å². The molecule has 1 aliphatic rings. The largest absolute Gasteiger partial charge is 0.493 e. The molecule has 116 valence electrons. The van der Waals surface area contributed by atoms with E-state index in [1.165, 1.54) is 18.4 Å². The van der Waals surface area contributed by atoms with E-state index in [2.05, 4.69) is 37.4 Å². The number of benzene rings is 1. The molecule has 0 aromatic heterocycles. The molecule has 0 saturated heterocycles. The van der Waals surface area contributed by atoms with E-state index in [1.54, 1.807) is 0 Å². The minimum atomic E-state index is 0.195. The molecule has 21 heavy (non-hydrogen) atoms. The lowest BCUT2D eigenvalue weighted by molar-refractivity contribution is 0.225. The van der Waals surface area contributed by atoms with Gasteiger partial charge in [0.2, 0.25) is 0 Å². The highest BCUT2D eigenvalue weighted by Gasteiger charge is 2.13. The van der Waals surface area contributed by atoms with E-state index in [0.717, 1.165) is 44.0 Å². The molecule has 1 N–H and O–H groups in total. The van der Waals surface area contributed by atoms with Crippen LogP contribution in [0.15, 0.2) is 30.4 Å². The molecule has 1 aliphatic carbocycles. The van der Waals surface area contributed by atoms with Crippen LogP contribution in [0.5, 0.6) is 11.5 Å². The molecule has 0 bridgehead atoms. The Morgan fingerprint density at radius 3 is 2.90 bits per heavy atom. The molecule has 1 atom stereocenters. The summed E-state index contributed by atoms with van der Waals surface area (Å²) < 4.78 is 11.9. The van der Waals surface area contributed by atoms with Crippen molar-refractivity contribution >= 4 is 0 Å². The Bertz CT molecular complexity index is 457. The van der Waals surface area contributed by atoms with Crippen LogP contribution in [0, 0.1) is 0 Å². The van der Waals surface area contributed by atoms with Gasteiger partial charge in [0.15, 0.2) is 0 Å². The smallest absolute Gasteiger partial charge is 0.128 e. The van der Waals surface area contributed by atoms with Gasteiger partial charge >= 0.3 is 0 Å². The Kier molecular flexibility index (Phi) is 6.61. The van der Waals surface area contributed by atoms with Gasteiger partial charge < -0.3 is 14.8 Å². The fourth-order valence-corrected chi connectivity index (χ4v) is 2.40. The summed E-state index contributed by atoms with van der Waals surface area (Å²) in [6, 6.07) is 6.17. The zero-order valence-electron chi connectivity index (χ0n) is 13.2. The Balaban J connectivity index is 2.11.